The van der Waals surface area contributed by atoms with E-state index in [1.165, 1.54) is 0 Å². The molecule has 0 radical (unpaired) electrons. The van der Waals surface area contributed by atoms with Crippen LogP contribution in [-0.2, 0) is 14.3 Å². The van der Waals surface area contributed by atoms with Crippen LogP contribution in [-0.4, -0.2) is 12.3 Å². The molecule has 3 heteroatoms. The van der Waals surface area contributed by atoms with Gasteiger partial charge in [-0.1, -0.05) is 13.8 Å². The highest BCUT2D eigenvalue weighted by atomic mass is 16.5. The van der Waals surface area contributed by atoms with Gasteiger partial charge in [0, 0.05) is 17.4 Å². The van der Waals surface area contributed by atoms with Crippen LogP contribution in [0.5, 0.6) is 0 Å². The fourth-order valence-electron chi connectivity index (χ4n) is 1.57. The van der Waals surface area contributed by atoms with E-state index in [0.717, 1.165) is 6.42 Å². The van der Waals surface area contributed by atoms with Gasteiger partial charge in [0.25, 0.3) is 6.47 Å². The lowest BCUT2D eigenvalue weighted by atomic mass is 9.76. The maximum Gasteiger partial charge on any atom is 0.298 e. The normalized spacial score (nSPS) is 21.6. The van der Waals surface area contributed by atoms with Gasteiger partial charge in [0.05, 0.1) is 0 Å². The number of rotatable bonds is 2. The van der Waals surface area contributed by atoms with Crippen molar-refractivity contribution in [2.24, 2.45) is 5.41 Å². The van der Waals surface area contributed by atoms with Gasteiger partial charge in [-0.25, -0.2) is 0 Å². The first kappa shape index (κ1) is 9.96. The molecule has 0 fully saturated rings. The van der Waals surface area contributed by atoms with E-state index in [0.29, 0.717) is 24.2 Å². The molecule has 13 heavy (non-hydrogen) atoms. The number of carbonyl (C=O) groups is 2. The predicted molar refractivity (Wildman–Crippen MR) is 47.9 cm³/mol. The molecule has 0 aromatic carbocycles. The number of hydrogen-bond donors (Lipinski definition) is 0. The molecule has 0 N–H and O–H groups in total. The summed E-state index contributed by atoms with van der Waals surface area (Å²) in [5.41, 5.74) is 0.281. The molecule has 0 aromatic rings. The zero-order valence-corrected chi connectivity index (χ0v) is 8.22. The number of hydrogen-bond acceptors (Lipinski definition) is 3. The van der Waals surface area contributed by atoms with Crippen molar-refractivity contribution < 1.29 is 14.3 Å². The highest BCUT2D eigenvalue weighted by Gasteiger charge is 2.34. The summed E-state index contributed by atoms with van der Waals surface area (Å²) in [4.78, 5) is 21.8. The Morgan fingerprint density at radius 1 is 1.46 bits per heavy atom. The van der Waals surface area contributed by atoms with Crippen molar-refractivity contribution in [2.45, 2.75) is 33.6 Å². The highest BCUT2D eigenvalue weighted by Crippen LogP contribution is 2.35. The Morgan fingerprint density at radius 2 is 2.08 bits per heavy atom. The van der Waals surface area contributed by atoms with Crippen LogP contribution in [0.15, 0.2) is 11.3 Å². The van der Waals surface area contributed by atoms with E-state index in [1.807, 2.05) is 13.8 Å². The van der Waals surface area contributed by atoms with Crippen molar-refractivity contribution in [1.29, 1.82) is 0 Å². The molecular weight excluding hydrogens is 168 g/mol. The number of ether oxygens (including phenoxy) is 1. The van der Waals surface area contributed by atoms with Crippen LogP contribution < -0.4 is 0 Å². The van der Waals surface area contributed by atoms with E-state index in [9.17, 15) is 9.59 Å². The van der Waals surface area contributed by atoms with Crippen molar-refractivity contribution in [1.82, 2.24) is 0 Å². The average molecular weight is 182 g/mol. The van der Waals surface area contributed by atoms with Crippen molar-refractivity contribution >= 4 is 12.3 Å². The first-order chi connectivity index (χ1) is 5.99. The molecule has 1 rings (SSSR count). The lowest BCUT2D eigenvalue weighted by Gasteiger charge is -2.28. The molecule has 1 aliphatic carbocycles. The molecule has 0 saturated carbocycles. The summed E-state index contributed by atoms with van der Waals surface area (Å²) in [5.74, 6) is 0.606. The third-order valence-corrected chi connectivity index (χ3v) is 2.54. The van der Waals surface area contributed by atoms with Crippen molar-refractivity contribution in [2.75, 3.05) is 0 Å². The van der Waals surface area contributed by atoms with E-state index in [1.54, 1.807) is 6.92 Å². The minimum atomic E-state index is -0.306. The lowest BCUT2D eigenvalue weighted by Crippen LogP contribution is -2.30. The molecule has 0 aromatic heterocycles. The summed E-state index contributed by atoms with van der Waals surface area (Å²) >= 11 is 0. The van der Waals surface area contributed by atoms with Crippen LogP contribution in [0.4, 0.5) is 0 Å². The van der Waals surface area contributed by atoms with Gasteiger partial charge in [0.2, 0.25) is 0 Å². The van der Waals surface area contributed by atoms with Crippen LogP contribution in [0.1, 0.15) is 33.6 Å². The van der Waals surface area contributed by atoms with Crippen LogP contribution in [0.25, 0.3) is 0 Å². The molecule has 1 aliphatic rings. The molecule has 0 heterocycles. The predicted octanol–water partition coefficient (Wildman–Crippen LogP) is 1.82. The monoisotopic (exact) mass is 182 g/mol. The summed E-state index contributed by atoms with van der Waals surface area (Å²) in [6, 6.07) is 0. The lowest BCUT2D eigenvalue weighted by molar-refractivity contribution is -0.127. The van der Waals surface area contributed by atoms with E-state index >= 15 is 0 Å². The van der Waals surface area contributed by atoms with Crippen molar-refractivity contribution in [3.8, 4) is 0 Å². The maximum atomic E-state index is 11.7. The first-order valence-electron chi connectivity index (χ1n) is 4.34. The Hall–Kier alpha value is -1.12. The Kier molecular flexibility index (Phi) is 2.55. The maximum absolute atomic E-state index is 11.7. The highest BCUT2D eigenvalue weighted by molar-refractivity contribution is 6.00. The van der Waals surface area contributed by atoms with Gasteiger partial charge in [-0.15, -0.1) is 0 Å². The fraction of sp³-hybridized carbons (Fsp3) is 0.600. The second-order valence-electron chi connectivity index (χ2n) is 3.98. The number of Topliss-reactive ketones (excluding diaryl/α,β-unsaturated/α-hetero) is 1. The van der Waals surface area contributed by atoms with Gasteiger partial charge in [-0.05, 0) is 13.3 Å². The summed E-state index contributed by atoms with van der Waals surface area (Å²) < 4.78 is 4.74. The summed E-state index contributed by atoms with van der Waals surface area (Å²) in [6.07, 6.45) is 1.41. The third kappa shape index (κ3) is 1.79. The molecule has 0 bridgehead atoms. The Bertz CT molecular complexity index is 274. The quantitative estimate of drug-likeness (QED) is 0.612. The largest absolute Gasteiger partial charge is 0.433 e. The zero-order valence-electron chi connectivity index (χ0n) is 8.22. The molecule has 0 saturated heterocycles. The minimum absolute atomic E-state index is 0.0793. The molecule has 0 atom stereocenters. The summed E-state index contributed by atoms with van der Waals surface area (Å²) in [7, 11) is 0. The number of ketones is 1. The van der Waals surface area contributed by atoms with E-state index in [-0.39, 0.29) is 11.2 Å². The molecular formula is C10H14O3. The molecule has 0 spiro atoms. The Morgan fingerprint density at radius 3 is 2.62 bits per heavy atom. The van der Waals surface area contributed by atoms with Crippen LogP contribution in [0, 0.1) is 5.41 Å². The second kappa shape index (κ2) is 3.32. The smallest absolute Gasteiger partial charge is 0.298 e. The van der Waals surface area contributed by atoms with E-state index in [2.05, 4.69) is 0 Å². The average Bonchev–Trinajstić information content (AvgIpc) is 2.07. The van der Waals surface area contributed by atoms with Gasteiger partial charge >= 0.3 is 0 Å². The van der Waals surface area contributed by atoms with Crippen LogP contribution in [0.2, 0.25) is 0 Å². The van der Waals surface area contributed by atoms with E-state index in [4.69, 9.17) is 4.74 Å². The van der Waals surface area contributed by atoms with Crippen LogP contribution in [0.3, 0.4) is 0 Å². The van der Waals surface area contributed by atoms with Crippen LogP contribution >= 0.6 is 0 Å². The van der Waals surface area contributed by atoms with E-state index < -0.39 is 0 Å². The molecule has 3 nitrogen and oxygen atoms in total. The Balaban J connectivity index is 2.95. The first-order valence-corrected chi connectivity index (χ1v) is 4.34. The van der Waals surface area contributed by atoms with Gasteiger partial charge in [-0.3, -0.25) is 9.59 Å². The SMILES string of the molecule is CC1=C(OC=O)CCC(C)(C)C1=O. The van der Waals surface area contributed by atoms with Crippen molar-refractivity contribution in [3.05, 3.63) is 11.3 Å². The Labute approximate surface area is 77.8 Å². The standard InChI is InChI=1S/C10H14O3/c1-7-8(13-6-11)4-5-10(2,3)9(7)12/h6H,4-5H2,1-3H3. The molecule has 72 valence electrons. The third-order valence-electron chi connectivity index (χ3n) is 2.54. The number of carbonyl (C=O) groups excluding carboxylic acids is 2. The fourth-order valence-corrected chi connectivity index (χ4v) is 1.57. The zero-order chi connectivity index (χ0) is 10.1. The second-order valence-corrected chi connectivity index (χ2v) is 3.98. The molecule has 0 aliphatic heterocycles. The van der Waals surface area contributed by atoms with Gasteiger partial charge in [0.15, 0.2) is 5.78 Å². The minimum Gasteiger partial charge on any atom is -0.433 e. The van der Waals surface area contributed by atoms with Gasteiger partial charge in [-0.2, -0.15) is 0 Å². The summed E-state index contributed by atoms with van der Waals surface area (Å²) in [6.45, 7) is 5.92. The topological polar surface area (TPSA) is 43.4 Å². The van der Waals surface area contributed by atoms with Crippen molar-refractivity contribution in [3.63, 3.8) is 0 Å². The summed E-state index contributed by atoms with van der Waals surface area (Å²) in [5, 5.41) is 0. The van der Waals surface area contributed by atoms with Gasteiger partial charge in [0.1, 0.15) is 5.76 Å². The van der Waals surface area contributed by atoms with Gasteiger partial charge < -0.3 is 4.74 Å². The number of allylic oxidation sites excluding steroid dienone is 2. The molecule has 0 unspecified atom stereocenters. The molecule has 0 amide bonds.